The first kappa shape index (κ1) is 14.9. The molecule has 1 heterocycles. The summed E-state index contributed by atoms with van der Waals surface area (Å²) in [4.78, 5) is 0. The van der Waals surface area contributed by atoms with Crippen LogP contribution in [0.2, 0.25) is 0 Å². The lowest BCUT2D eigenvalue weighted by Crippen LogP contribution is -2.16. The van der Waals surface area contributed by atoms with E-state index in [2.05, 4.69) is 21.1 Å². The normalized spacial score (nSPS) is 12.7. The monoisotopic (exact) mass is 346 g/mol. The van der Waals surface area contributed by atoms with Crippen molar-refractivity contribution in [2.45, 2.75) is 32.4 Å². The van der Waals surface area contributed by atoms with Gasteiger partial charge in [0.1, 0.15) is 0 Å². The van der Waals surface area contributed by atoms with Gasteiger partial charge in [-0.2, -0.15) is 18.4 Å². The number of rotatable bonds is 0. The van der Waals surface area contributed by atoms with Gasteiger partial charge in [0.05, 0.1) is 21.5 Å². The lowest BCUT2D eigenvalue weighted by molar-refractivity contribution is -0.141. The van der Waals surface area contributed by atoms with Gasteiger partial charge in [-0.1, -0.05) is 25.9 Å². The van der Waals surface area contributed by atoms with E-state index >= 15 is 0 Å². The van der Waals surface area contributed by atoms with Gasteiger partial charge in [0.15, 0.2) is 11.3 Å². The molecular weight excluding hydrogens is 337 g/mol. The highest BCUT2D eigenvalue weighted by Crippen LogP contribution is 2.43. The van der Waals surface area contributed by atoms with Crippen LogP contribution >= 0.6 is 15.9 Å². The summed E-state index contributed by atoms with van der Waals surface area (Å²) in [5.41, 5.74) is -1.30. The Balaban J connectivity index is 3.04. The molecule has 0 aliphatic carbocycles. The van der Waals surface area contributed by atoms with Gasteiger partial charge in [0.25, 0.3) is 0 Å². The van der Waals surface area contributed by atoms with Gasteiger partial charge in [-0.25, -0.2) is 0 Å². The number of alkyl halides is 3. The summed E-state index contributed by atoms with van der Waals surface area (Å²) in [6.45, 7) is 5.22. The molecule has 0 fully saturated rings. The summed E-state index contributed by atoms with van der Waals surface area (Å²) in [5.74, 6) is 0. The van der Waals surface area contributed by atoms with E-state index in [1.807, 2.05) is 6.07 Å². The topological polar surface area (TPSA) is 49.8 Å². The summed E-state index contributed by atoms with van der Waals surface area (Å²) in [5, 5.41) is 12.2. The third-order valence-electron chi connectivity index (χ3n) is 2.84. The molecule has 7 heteroatoms. The standard InChI is InChI=1S/C13H10BrF3N2O/c1-12(2,3)9-6(5-18)4-7(14)10-8(9)11(19-20-10)13(15,16)17/h4H,1-3H3. The van der Waals surface area contributed by atoms with Crippen LogP contribution < -0.4 is 0 Å². The highest BCUT2D eigenvalue weighted by atomic mass is 79.9. The molecule has 0 aliphatic rings. The van der Waals surface area contributed by atoms with E-state index in [0.717, 1.165) is 0 Å². The van der Waals surface area contributed by atoms with Gasteiger partial charge in [0, 0.05) is 0 Å². The van der Waals surface area contributed by atoms with Crippen molar-refractivity contribution < 1.29 is 17.7 Å². The van der Waals surface area contributed by atoms with E-state index in [1.165, 1.54) is 6.07 Å². The minimum absolute atomic E-state index is 0.00116. The van der Waals surface area contributed by atoms with Crippen molar-refractivity contribution in [1.29, 1.82) is 5.26 Å². The zero-order valence-corrected chi connectivity index (χ0v) is 12.5. The summed E-state index contributed by atoms with van der Waals surface area (Å²) >= 11 is 3.12. The number of nitriles is 1. The first-order valence-corrected chi connectivity index (χ1v) is 6.46. The fourth-order valence-electron chi connectivity index (χ4n) is 2.14. The van der Waals surface area contributed by atoms with E-state index < -0.39 is 17.3 Å². The Bertz CT molecular complexity index is 720. The van der Waals surface area contributed by atoms with Crippen LogP contribution in [-0.2, 0) is 11.6 Å². The second kappa shape index (κ2) is 4.48. The number of fused-ring (bicyclic) bond motifs is 1. The van der Waals surface area contributed by atoms with Gasteiger partial charge in [-0.05, 0) is 33.0 Å². The summed E-state index contributed by atoms with van der Waals surface area (Å²) < 4.78 is 44.3. The Morgan fingerprint density at radius 1 is 1.30 bits per heavy atom. The Morgan fingerprint density at radius 3 is 2.35 bits per heavy atom. The maximum absolute atomic E-state index is 13.1. The number of hydrogen-bond donors (Lipinski definition) is 0. The molecule has 1 aromatic heterocycles. The van der Waals surface area contributed by atoms with E-state index in [-0.39, 0.29) is 26.6 Å². The lowest BCUT2D eigenvalue weighted by atomic mass is 9.81. The number of benzene rings is 1. The van der Waals surface area contributed by atoms with Crippen LogP contribution in [0.1, 0.15) is 37.6 Å². The maximum Gasteiger partial charge on any atom is 0.437 e. The van der Waals surface area contributed by atoms with Gasteiger partial charge in [-0.15, -0.1) is 0 Å². The van der Waals surface area contributed by atoms with Crippen LogP contribution in [0.5, 0.6) is 0 Å². The number of nitrogens with zero attached hydrogens (tertiary/aromatic N) is 2. The van der Waals surface area contributed by atoms with Crippen molar-refractivity contribution in [1.82, 2.24) is 5.16 Å². The van der Waals surface area contributed by atoms with Gasteiger partial charge < -0.3 is 4.52 Å². The molecule has 0 spiro atoms. The van der Waals surface area contributed by atoms with Gasteiger partial charge >= 0.3 is 6.18 Å². The predicted molar refractivity (Wildman–Crippen MR) is 70.1 cm³/mol. The molecule has 106 valence electrons. The molecule has 0 unspecified atom stereocenters. The molecule has 0 N–H and O–H groups in total. The zero-order valence-electron chi connectivity index (χ0n) is 10.9. The summed E-state index contributed by atoms with van der Waals surface area (Å²) in [7, 11) is 0. The molecule has 0 saturated heterocycles. The number of aromatic nitrogens is 1. The molecule has 2 aromatic rings. The SMILES string of the molecule is CC(C)(C)c1c(C#N)cc(Br)c2onc(C(F)(F)F)c12. The average molecular weight is 347 g/mol. The van der Waals surface area contributed by atoms with Crippen molar-refractivity contribution in [3.05, 3.63) is 27.4 Å². The molecular formula is C13H10BrF3N2O. The molecule has 3 nitrogen and oxygen atoms in total. The maximum atomic E-state index is 13.1. The van der Waals surface area contributed by atoms with Gasteiger partial charge in [-0.3, -0.25) is 0 Å². The van der Waals surface area contributed by atoms with Crippen LogP contribution in [0.3, 0.4) is 0 Å². The number of halogens is 4. The minimum atomic E-state index is -4.64. The second-order valence-corrected chi connectivity index (χ2v) is 6.23. The highest BCUT2D eigenvalue weighted by molar-refractivity contribution is 9.10. The summed E-state index contributed by atoms with van der Waals surface area (Å²) in [6.07, 6.45) is -4.64. The van der Waals surface area contributed by atoms with Crippen molar-refractivity contribution in [3.63, 3.8) is 0 Å². The average Bonchev–Trinajstić information content (AvgIpc) is 2.71. The predicted octanol–water partition coefficient (Wildman–Crippen LogP) is 4.78. The van der Waals surface area contributed by atoms with Crippen molar-refractivity contribution >= 4 is 26.9 Å². The molecule has 0 saturated carbocycles. The van der Waals surface area contributed by atoms with Crippen LogP contribution in [0.25, 0.3) is 11.0 Å². The van der Waals surface area contributed by atoms with Crippen molar-refractivity contribution in [3.8, 4) is 6.07 Å². The molecule has 0 aliphatic heterocycles. The van der Waals surface area contributed by atoms with Crippen LogP contribution in [0.15, 0.2) is 15.1 Å². The fraction of sp³-hybridized carbons (Fsp3) is 0.385. The highest BCUT2D eigenvalue weighted by Gasteiger charge is 2.40. The van der Waals surface area contributed by atoms with Crippen LogP contribution in [0.4, 0.5) is 13.2 Å². The van der Waals surface area contributed by atoms with Crippen LogP contribution in [0, 0.1) is 11.3 Å². The van der Waals surface area contributed by atoms with Crippen molar-refractivity contribution in [2.24, 2.45) is 0 Å². The molecule has 1 aromatic carbocycles. The Kier molecular flexibility index (Phi) is 3.33. The Hall–Kier alpha value is -1.55. The van der Waals surface area contributed by atoms with Gasteiger partial charge in [0.2, 0.25) is 0 Å². The summed E-state index contributed by atoms with van der Waals surface area (Å²) in [6, 6.07) is 3.39. The minimum Gasteiger partial charge on any atom is -0.354 e. The third-order valence-corrected chi connectivity index (χ3v) is 3.43. The number of hydrogen-bond acceptors (Lipinski definition) is 3. The van der Waals surface area contributed by atoms with E-state index in [9.17, 15) is 18.4 Å². The zero-order chi connectivity index (χ0) is 15.3. The van der Waals surface area contributed by atoms with E-state index in [4.69, 9.17) is 4.52 Å². The molecule has 0 amide bonds. The fourth-order valence-corrected chi connectivity index (χ4v) is 2.64. The van der Waals surface area contributed by atoms with Crippen molar-refractivity contribution in [2.75, 3.05) is 0 Å². The molecule has 2 rings (SSSR count). The third kappa shape index (κ3) is 2.29. The Morgan fingerprint density at radius 2 is 1.90 bits per heavy atom. The largest absolute Gasteiger partial charge is 0.437 e. The lowest BCUT2D eigenvalue weighted by Gasteiger charge is -2.22. The molecule has 0 bridgehead atoms. The second-order valence-electron chi connectivity index (χ2n) is 5.38. The Labute approximate surface area is 121 Å². The quantitative estimate of drug-likeness (QED) is 0.689. The molecule has 0 radical (unpaired) electrons. The first-order chi connectivity index (χ1) is 9.07. The van der Waals surface area contributed by atoms with Crippen LogP contribution in [-0.4, -0.2) is 5.16 Å². The first-order valence-electron chi connectivity index (χ1n) is 5.67. The smallest absolute Gasteiger partial charge is 0.354 e. The molecule has 0 atom stereocenters. The van der Waals surface area contributed by atoms with E-state index in [1.54, 1.807) is 20.8 Å². The van der Waals surface area contributed by atoms with E-state index in [0.29, 0.717) is 0 Å². The molecule has 20 heavy (non-hydrogen) atoms.